The summed E-state index contributed by atoms with van der Waals surface area (Å²) in [5.74, 6) is 0.0617. The highest BCUT2D eigenvalue weighted by Crippen LogP contribution is 2.28. The van der Waals surface area contributed by atoms with Crippen LogP contribution in [0.4, 0.5) is 16.2 Å². The van der Waals surface area contributed by atoms with Crippen molar-refractivity contribution >= 4 is 17.4 Å². The maximum Gasteiger partial charge on any atom is 0.319 e. The molecule has 0 spiro atoms. The fourth-order valence-electron chi connectivity index (χ4n) is 2.56. The van der Waals surface area contributed by atoms with Crippen molar-refractivity contribution in [3.8, 4) is 0 Å². The average Bonchev–Trinajstić information content (AvgIpc) is 2.90. The smallest absolute Gasteiger partial charge is 0.319 e. The topological polar surface area (TPSA) is 105 Å². The van der Waals surface area contributed by atoms with Crippen LogP contribution in [-0.2, 0) is 0 Å². The van der Waals surface area contributed by atoms with Crippen molar-refractivity contribution in [1.29, 1.82) is 0 Å². The van der Waals surface area contributed by atoms with E-state index in [1.165, 1.54) is 6.07 Å². The van der Waals surface area contributed by atoms with Crippen LogP contribution in [0.3, 0.4) is 0 Å². The molecule has 1 aromatic carbocycles. The number of anilines is 1. The molecule has 0 saturated carbocycles. The Morgan fingerprint density at radius 3 is 2.73 bits per heavy atom. The molecule has 2 atom stereocenters. The third-order valence-corrected chi connectivity index (χ3v) is 3.80. The Hall–Kier alpha value is -2.41. The third-order valence-electron chi connectivity index (χ3n) is 3.80. The summed E-state index contributed by atoms with van der Waals surface area (Å²) in [6.45, 7) is 3.45. The molecule has 0 heterocycles. The first kappa shape index (κ1) is 16.0. The second-order valence-electron chi connectivity index (χ2n) is 5.43. The number of nitrogens with one attached hydrogen (secondary N) is 2. The molecule has 0 saturated heterocycles. The molecule has 0 aromatic heterocycles. The minimum Gasteiger partial charge on any atom is -0.396 e. The van der Waals surface area contributed by atoms with E-state index in [9.17, 15) is 14.9 Å². The quantitative estimate of drug-likeness (QED) is 0.451. The summed E-state index contributed by atoms with van der Waals surface area (Å²) in [7, 11) is 0. The predicted molar refractivity (Wildman–Crippen MR) is 82.8 cm³/mol. The van der Waals surface area contributed by atoms with Crippen LogP contribution in [0.25, 0.3) is 0 Å². The minimum atomic E-state index is -0.469. The minimum absolute atomic E-state index is 0.0259. The van der Waals surface area contributed by atoms with Crippen LogP contribution >= 0.6 is 0 Å². The van der Waals surface area contributed by atoms with Crippen LogP contribution in [0.5, 0.6) is 0 Å². The Balaban J connectivity index is 2.07. The lowest BCUT2D eigenvalue weighted by Gasteiger charge is -2.16. The molecule has 3 N–H and O–H groups in total. The molecular weight excluding hydrogens is 286 g/mol. The molecule has 0 aliphatic heterocycles. The maximum atomic E-state index is 12.1. The van der Waals surface area contributed by atoms with Crippen molar-refractivity contribution in [2.45, 2.75) is 26.3 Å². The normalized spacial score (nSPS) is 20.0. The van der Waals surface area contributed by atoms with Crippen LogP contribution in [-0.4, -0.2) is 28.7 Å². The van der Waals surface area contributed by atoms with Gasteiger partial charge in [-0.2, -0.15) is 0 Å². The number of nitro groups is 1. The predicted octanol–water partition coefficient (Wildman–Crippen LogP) is 2.27. The van der Waals surface area contributed by atoms with E-state index < -0.39 is 11.0 Å². The van der Waals surface area contributed by atoms with Crippen molar-refractivity contribution in [3.63, 3.8) is 0 Å². The highest BCUT2D eigenvalue weighted by atomic mass is 16.6. The van der Waals surface area contributed by atoms with E-state index in [1.54, 1.807) is 19.9 Å². The first-order valence-electron chi connectivity index (χ1n) is 7.03. The number of amides is 2. The SMILES string of the molecule is Cc1ccc([N+](=O)[O-])c(C)c1NC(=O)N[C@@H]1C=C[C@H](CO)C1. The molecule has 1 aliphatic carbocycles. The number of hydrogen-bond acceptors (Lipinski definition) is 4. The summed E-state index contributed by atoms with van der Waals surface area (Å²) in [6, 6.07) is 2.48. The summed E-state index contributed by atoms with van der Waals surface area (Å²) < 4.78 is 0. The Morgan fingerprint density at radius 1 is 1.41 bits per heavy atom. The summed E-state index contributed by atoms with van der Waals surface area (Å²) >= 11 is 0. The zero-order valence-corrected chi connectivity index (χ0v) is 12.5. The molecule has 1 aromatic rings. The van der Waals surface area contributed by atoms with Crippen LogP contribution in [0.2, 0.25) is 0 Å². The zero-order valence-electron chi connectivity index (χ0n) is 12.5. The maximum absolute atomic E-state index is 12.1. The van der Waals surface area contributed by atoms with E-state index >= 15 is 0 Å². The van der Waals surface area contributed by atoms with Gasteiger partial charge in [0.25, 0.3) is 5.69 Å². The molecule has 0 radical (unpaired) electrons. The number of rotatable bonds is 4. The highest BCUT2D eigenvalue weighted by Gasteiger charge is 2.21. The Kier molecular flexibility index (Phi) is 4.77. The standard InChI is InChI=1S/C15H19N3O4/c1-9-3-6-13(18(21)22)10(2)14(9)17-15(20)16-12-5-4-11(7-12)8-19/h3-6,11-12,19H,7-8H2,1-2H3,(H2,16,17,20)/t11-,12+/m0/s1. The van der Waals surface area contributed by atoms with E-state index in [0.29, 0.717) is 17.7 Å². The average molecular weight is 305 g/mol. The van der Waals surface area contributed by atoms with Gasteiger partial charge in [-0.25, -0.2) is 4.79 Å². The number of aliphatic hydroxyl groups is 1. The van der Waals surface area contributed by atoms with Crippen molar-refractivity contribution in [3.05, 3.63) is 45.5 Å². The first-order chi connectivity index (χ1) is 10.4. The van der Waals surface area contributed by atoms with Gasteiger partial charge in [-0.1, -0.05) is 18.2 Å². The Labute approximate surface area is 128 Å². The summed E-state index contributed by atoms with van der Waals surface area (Å²) in [5.41, 5.74) is 1.61. The summed E-state index contributed by atoms with van der Waals surface area (Å²) in [4.78, 5) is 22.6. The number of aryl methyl sites for hydroxylation is 1. The number of nitrogens with zero attached hydrogens (tertiary/aromatic N) is 1. The summed E-state index contributed by atoms with van der Waals surface area (Å²) in [6.07, 6.45) is 4.36. The second-order valence-corrected chi connectivity index (χ2v) is 5.43. The van der Waals surface area contributed by atoms with Gasteiger partial charge in [0.05, 0.1) is 16.2 Å². The van der Waals surface area contributed by atoms with Gasteiger partial charge in [-0.05, 0) is 25.8 Å². The number of nitro benzene ring substituents is 1. The molecule has 1 aliphatic rings. The monoisotopic (exact) mass is 305 g/mol. The number of urea groups is 1. The second kappa shape index (κ2) is 6.57. The van der Waals surface area contributed by atoms with Crippen LogP contribution in [0.15, 0.2) is 24.3 Å². The highest BCUT2D eigenvalue weighted by molar-refractivity contribution is 5.92. The summed E-state index contributed by atoms with van der Waals surface area (Å²) in [5, 5.41) is 25.5. The first-order valence-corrected chi connectivity index (χ1v) is 7.03. The van der Waals surface area contributed by atoms with Gasteiger partial charge in [0.2, 0.25) is 0 Å². The molecule has 2 rings (SSSR count). The zero-order chi connectivity index (χ0) is 16.3. The molecule has 22 heavy (non-hydrogen) atoms. The lowest BCUT2D eigenvalue weighted by Crippen LogP contribution is -2.36. The van der Waals surface area contributed by atoms with Gasteiger partial charge >= 0.3 is 6.03 Å². The molecule has 0 bridgehead atoms. The van der Waals surface area contributed by atoms with Crippen molar-refractivity contribution in [2.75, 3.05) is 11.9 Å². The molecule has 7 nitrogen and oxygen atoms in total. The van der Waals surface area contributed by atoms with Gasteiger partial charge < -0.3 is 15.7 Å². The Morgan fingerprint density at radius 2 is 2.14 bits per heavy atom. The largest absolute Gasteiger partial charge is 0.396 e. The van der Waals surface area contributed by atoms with Gasteiger partial charge in [0.1, 0.15) is 0 Å². The number of hydrogen-bond donors (Lipinski definition) is 3. The van der Waals surface area contributed by atoms with E-state index in [1.807, 2.05) is 12.2 Å². The molecule has 0 unspecified atom stereocenters. The van der Waals surface area contributed by atoms with E-state index in [-0.39, 0.29) is 24.3 Å². The lowest BCUT2D eigenvalue weighted by molar-refractivity contribution is -0.385. The van der Waals surface area contributed by atoms with Gasteiger partial charge in [0.15, 0.2) is 0 Å². The molecule has 118 valence electrons. The van der Waals surface area contributed by atoms with E-state index in [2.05, 4.69) is 10.6 Å². The van der Waals surface area contributed by atoms with Gasteiger partial charge in [-0.3, -0.25) is 10.1 Å². The fraction of sp³-hybridized carbons (Fsp3) is 0.400. The van der Waals surface area contributed by atoms with Crippen molar-refractivity contribution < 1.29 is 14.8 Å². The molecule has 2 amide bonds. The van der Waals surface area contributed by atoms with Crippen LogP contribution in [0.1, 0.15) is 17.5 Å². The lowest BCUT2D eigenvalue weighted by atomic mass is 10.1. The van der Waals surface area contributed by atoms with Crippen LogP contribution in [0, 0.1) is 29.9 Å². The van der Waals surface area contributed by atoms with E-state index in [4.69, 9.17) is 5.11 Å². The third kappa shape index (κ3) is 3.43. The molecule has 7 heteroatoms. The van der Waals surface area contributed by atoms with Crippen molar-refractivity contribution in [2.24, 2.45) is 5.92 Å². The Bertz CT molecular complexity index is 627. The van der Waals surface area contributed by atoms with E-state index in [0.717, 1.165) is 5.56 Å². The van der Waals surface area contributed by atoms with Crippen molar-refractivity contribution in [1.82, 2.24) is 5.32 Å². The number of carbonyl (C=O) groups is 1. The number of benzene rings is 1. The van der Waals surface area contributed by atoms with Gasteiger partial charge in [0, 0.05) is 24.6 Å². The number of carbonyl (C=O) groups excluding carboxylic acids is 1. The molecule has 0 fully saturated rings. The number of aliphatic hydroxyl groups excluding tert-OH is 1. The fourth-order valence-corrected chi connectivity index (χ4v) is 2.56. The van der Waals surface area contributed by atoms with Gasteiger partial charge in [-0.15, -0.1) is 0 Å². The molecular formula is C15H19N3O4. The van der Waals surface area contributed by atoms with Crippen LogP contribution < -0.4 is 10.6 Å².